The number of aryl methyl sites for hydroxylation is 3. The molecule has 1 fully saturated rings. The highest BCUT2D eigenvalue weighted by Crippen LogP contribution is 2.27. The van der Waals surface area contributed by atoms with Gasteiger partial charge in [0.1, 0.15) is 12.3 Å². The van der Waals surface area contributed by atoms with Crippen LogP contribution in [0, 0.1) is 20.8 Å². The Kier molecular flexibility index (Phi) is 7.47. The van der Waals surface area contributed by atoms with Gasteiger partial charge >= 0.3 is 0 Å². The quantitative estimate of drug-likeness (QED) is 0.545. The highest BCUT2D eigenvalue weighted by Gasteiger charge is 2.24. The van der Waals surface area contributed by atoms with Gasteiger partial charge in [-0.2, -0.15) is 0 Å². The van der Waals surface area contributed by atoms with E-state index in [1.807, 2.05) is 25.2 Å². The van der Waals surface area contributed by atoms with Gasteiger partial charge in [0.2, 0.25) is 5.89 Å². The Labute approximate surface area is 171 Å². The molecule has 0 spiro atoms. The number of hydrogen-bond donors (Lipinski definition) is 2. The number of nitrogens with one attached hydrogen (secondary N) is 2. The van der Waals surface area contributed by atoms with E-state index in [1.54, 1.807) is 0 Å². The van der Waals surface area contributed by atoms with Crippen LogP contribution >= 0.6 is 11.3 Å². The molecular formula is C20H31N5O2S. The zero-order chi connectivity index (χ0) is 19.9. The zero-order valence-corrected chi connectivity index (χ0v) is 18.1. The molecule has 0 saturated carbocycles. The van der Waals surface area contributed by atoms with E-state index in [9.17, 15) is 0 Å². The molecule has 0 radical (unpaired) electrons. The molecule has 1 saturated heterocycles. The summed E-state index contributed by atoms with van der Waals surface area (Å²) in [6.07, 6.45) is 0. The Bertz CT molecular complexity index is 760. The maximum atomic E-state index is 5.64. The van der Waals surface area contributed by atoms with Crippen LogP contribution in [0.5, 0.6) is 0 Å². The number of aliphatic imine (C=N–C) groups is 1. The van der Waals surface area contributed by atoms with Crippen molar-refractivity contribution in [3.05, 3.63) is 39.2 Å². The van der Waals surface area contributed by atoms with Gasteiger partial charge in [0.15, 0.2) is 5.96 Å². The van der Waals surface area contributed by atoms with E-state index in [0.29, 0.717) is 18.5 Å². The van der Waals surface area contributed by atoms with E-state index in [2.05, 4.69) is 51.5 Å². The first-order valence-corrected chi connectivity index (χ1v) is 10.7. The smallest absolute Gasteiger partial charge is 0.216 e. The van der Waals surface area contributed by atoms with E-state index in [-0.39, 0.29) is 0 Å². The van der Waals surface area contributed by atoms with Gasteiger partial charge in [-0.1, -0.05) is 0 Å². The van der Waals surface area contributed by atoms with Gasteiger partial charge in [0, 0.05) is 35.9 Å². The molecule has 154 valence electrons. The number of morpholine rings is 1. The average Bonchev–Trinajstić information content (AvgIpc) is 3.26. The van der Waals surface area contributed by atoms with Crippen LogP contribution in [-0.2, 0) is 11.3 Å². The number of ether oxygens (including phenoxy) is 1. The van der Waals surface area contributed by atoms with Crippen molar-refractivity contribution >= 4 is 17.3 Å². The fraction of sp³-hybridized carbons (Fsp3) is 0.600. The van der Waals surface area contributed by atoms with Crippen molar-refractivity contribution < 1.29 is 9.15 Å². The van der Waals surface area contributed by atoms with E-state index in [0.717, 1.165) is 56.8 Å². The Hall–Kier alpha value is -1.90. The molecule has 2 aromatic heterocycles. The second kappa shape index (κ2) is 10.0. The lowest BCUT2D eigenvalue weighted by Gasteiger charge is -2.34. The lowest BCUT2D eigenvalue weighted by atomic mass is 10.2. The van der Waals surface area contributed by atoms with Crippen molar-refractivity contribution in [3.63, 3.8) is 0 Å². The summed E-state index contributed by atoms with van der Waals surface area (Å²) in [5.41, 5.74) is 0.920. The molecule has 0 aliphatic carbocycles. The van der Waals surface area contributed by atoms with Crippen molar-refractivity contribution in [2.75, 3.05) is 39.4 Å². The third-order valence-corrected chi connectivity index (χ3v) is 5.93. The summed E-state index contributed by atoms with van der Waals surface area (Å²) in [6.45, 7) is 13.6. The summed E-state index contributed by atoms with van der Waals surface area (Å²) in [4.78, 5) is 14.3. The second-order valence-electron chi connectivity index (χ2n) is 6.94. The van der Waals surface area contributed by atoms with Gasteiger partial charge in [0.25, 0.3) is 0 Å². The van der Waals surface area contributed by atoms with Crippen LogP contribution in [0.4, 0.5) is 0 Å². The third kappa shape index (κ3) is 5.56. The SMILES string of the molecule is CCNC(=NCc1nc(C)c(C)o1)NCC(c1ccc(C)s1)N1CCOCC1. The van der Waals surface area contributed by atoms with Crippen LogP contribution in [0.2, 0.25) is 0 Å². The van der Waals surface area contributed by atoms with Crippen LogP contribution in [0.15, 0.2) is 21.5 Å². The maximum absolute atomic E-state index is 5.64. The van der Waals surface area contributed by atoms with E-state index < -0.39 is 0 Å². The molecule has 0 bridgehead atoms. The van der Waals surface area contributed by atoms with Gasteiger partial charge in [0.05, 0.1) is 24.9 Å². The van der Waals surface area contributed by atoms with Gasteiger partial charge in [-0.15, -0.1) is 11.3 Å². The first-order valence-electron chi connectivity index (χ1n) is 9.90. The van der Waals surface area contributed by atoms with Crippen molar-refractivity contribution in [1.29, 1.82) is 0 Å². The van der Waals surface area contributed by atoms with Crippen LogP contribution in [0.3, 0.4) is 0 Å². The zero-order valence-electron chi connectivity index (χ0n) is 17.2. The second-order valence-corrected chi connectivity index (χ2v) is 8.26. The van der Waals surface area contributed by atoms with Gasteiger partial charge in [-0.25, -0.2) is 9.98 Å². The summed E-state index contributed by atoms with van der Waals surface area (Å²) in [6, 6.07) is 4.74. The fourth-order valence-corrected chi connectivity index (χ4v) is 4.23. The standard InChI is InChI=1S/C20H31N5O2S/c1-5-21-20(23-13-19-24-15(3)16(4)27-19)22-12-17(18-7-6-14(2)28-18)25-8-10-26-11-9-25/h6-7,17H,5,8-13H2,1-4H3,(H2,21,22,23). The monoisotopic (exact) mass is 405 g/mol. The first kappa shape index (κ1) is 20.8. The molecule has 3 rings (SSSR count). The minimum absolute atomic E-state index is 0.303. The fourth-order valence-electron chi connectivity index (χ4n) is 3.22. The summed E-state index contributed by atoms with van der Waals surface area (Å²) in [5.74, 6) is 2.27. The summed E-state index contributed by atoms with van der Waals surface area (Å²) < 4.78 is 11.2. The van der Waals surface area contributed by atoms with Gasteiger partial charge in [-0.05, 0) is 39.8 Å². The molecule has 2 N–H and O–H groups in total. The van der Waals surface area contributed by atoms with E-state index in [4.69, 9.17) is 9.15 Å². The lowest BCUT2D eigenvalue weighted by Crippen LogP contribution is -2.46. The van der Waals surface area contributed by atoms with Crippen LogP contribution in [0.1, 0.15) is 40.1 Å². The first-order chi connectivity index (χ1) is 13.6. The van der Waals surface area contributed by atoms with Crippen LogP contribution < -0.4 is 10.6 Å². The largest absolute Gasteiger partial charge is 0.444 e. The molecule has 0 amide bonds. The Balaban J connectivity index is 1.68. The number of hydrogen-bond acceptors (Lipinski definition) is 6. The van der Waals surface area contributed by atoms with E-state index >= 15 is 0 Å². The predicted octanol–water partition coefficient (Wildman–Crippen LogP) is 2.79. The summed E-state index contributed by atoms with van der Waals surface area (Å²) >= 11 is 1.86. The minimum Gasteiger partial charge on any atom is -0.444 e. The molecular weight excluding hydrogens is 374 g/mol. The van der Waals surface area contributed by atoms with Crippen molar-refractivity contribution in [1.82, 2.24) is 20.5 Å². The highest BCUT2D eigenvalue weighted by molar-refractivity contribution is 7.12. The molecule has 7 nitrogen and oxygen atoms in total. The molecule has 8 heteroatoms. The molecule has 1 aliphatic heterocycles. The summed E-state index contributed by atoms with van der Waals surface area (Å²) in [7, 11) is 0. The number of nitrogens with zero attached hydrogens (tertiary/aromatic N) is 3. The van der Waals surface area contributed by atoms with Crippen molar-refractivity contribution in [2.24, 2.45) is 4.99 Å². The Morgan fingerprint density at radius 2 is 2.04 bits per heavy atom. The van der Waals surface area contributed by atoms with Crippen LogP contribution in [0.25, 0.3) is 0 Å². The molecule has 1 atom stereocenters. The highest BCUT2D eigenvalue weighted by atomic mass is 32.1. The van der Waals surface area contributed by atoms with Gasteiger partial charge < -0.3 is 19.8 Å². The predicted molar refractivity (Wildman–Crippen MR) is 113 cm³/mol. The van der Waals surface area contributed by atoms with Crippen molar-refractivity contribution in [3.8, 4) is 0 Å². The average molecular weight is 406 g/mol. The number of rotatable bonds is 7. The Morgan fingerprint density at radius 3 is 2.64 bits per heavy atom. The van der Waals surface area contributed by atoms with Crippen molar-refractivity contribution in [2.45, 2.75) is 40.3 Å². The number of aromatic nitrogens is 1. The molecule has 28 heavy (non-hydrogen) atoms. The Morgan fingerprint density at radius 1 is 1.25 bits per heavy atom. The lowest BCUT2D eigenvalue weighted by molar-refractivity contribution is 0.0177. The minimum atomic E-state index is 0.303. The molecule has 1 aliphatic rings. The topological polar surface area (TPSA) is 74.9 Å². The van der Waals surface area contributed by atoms with E-state index in [1.165, 1.54) is 9.75 Å². The molecule has 2 aromatic rings. The number of oxazole rings is 1. The van der Waals surface area contributed by atoms with Crippen LogP contribution in [-0.4, -0.2) is 55.2 Å². The van der Waals surface area contributed by atoms with Gasteiger partial charge in [-0.3, -0.25) is 4.90 Å². The number of thiophene rings is 1. The molecule has 1 unspecified atom stereocenters. The maximum Gasteiger partial charge on any atom is 0.216 e. The number of guanidine groups is 1. The summed E-state index contributed by atoms with van der Waals surface area (Å²) in [5, 5.41) is 6.83. The molecule has 3 heterocycles. The molecule has 0 aromatic carbocycles. The third-order valence-electron chi connectivity index (χ3n) is 4.83. The normalized spacial score (nSPS) is 16.9.